The highest BCUT2D eigenvalue weighted by Gasteiger charge is 2.40. The van der Waals surface area contributed by atoms with Crippen molar-refractivity contribution in [1.29, 1.82) is 0 Å². The first-order chi connectivity index (χ1) is 41.6. The lowest BCUT2D eigenvalue weighted by atomic mass is 10.00. The number of nitrogens with zero attached hydrogens (tertiary/aromatic N) is 9. The van der Waals surface area contributed by atoms with Gasteiger partial charge in [0.25, 0.3) is 23.6 Å². The SMILES string of the molecule is CC.CC.CC(C)(C)N1CCN(c2ccc(-c3ccc4c(c3)C(=O)N(C(C(=O)Nc3nccs3)c3ccccc3)C4)cc2)CC1.CC(C)(C)N1CCN(c2ccc(-c3ccc4c(c3)C(=O)N(C(C(=O)Nc3nccs3)c3ccccc3)C4)cn2)CC1. The molecule has 0 spiro atoms. The zero-order valence-electron chi connectivity index (χ0n) is 51.3. The largest absolute Gasteiger partial charge is 0.369 e. The van der Waals surface area contributed by atoms with Crippen LogP contribution in [0.4, 0.5) is 21.8 Å². The number of carbonyl (C=O) groups is 4. The molecule has 2 unspecified atom stereocenters. The van der Waals surface area contributed by atoms with E-state index in [2.05, 4.69) is 124 Å². The van der Waals surface area contributed by atoms with E-state index in [4.69, 9.17) is 4.98 Å². The summed E-state index contributed by atoms with van der Waals surface area (Å²) < 4.78 is 0. The van der Waals surface area contributed by atoms with Crippen molar-refractivity contribution in [3.05, 3.63) is 196 Å². The fourth-order valence-corrected chi connectivity index (χ4v) is 12.5. The van der Waals surface area contributed by atoms with Crippen LogP contribution >= 0.6 is 22.7 Å². The number of rotatable bonds is 12. The number of hydrogen-bond acceptors (Lipinski definition) is 13. The molecule has 0 bridgehead atoms. The van der Waals surface area contributed by atoms with Crippen molar-refractivity contribution in [3.63, 3.8) is 0 Å². The highest BCUT2D eigenvalue weighted by atomic mass is 32.1. The van der Waals surface area contributed by atoms with Crippen molar-refractivity contribution >= 4 is 68.1 Å². The average molecular weight is 1190 g/mol. The van der Waals surface area contributed by atoms with Crippen molar-refractivity contribution in [2.45, 2.75) is 105 Å². The molecule has 0 aliphatic carbocycles. The molecule has 0 radical (unpaired) electrons. The number of fused-ring (bicyclic) bond motifs is 2. The second-order valence-electron chi connectivity index (χ2n) is 23.1. The Kier molecular flexibility index (Phi) is 20.3. The molecule has 448 valence electrons. The highest BCUT2D eigenvalue weighted by Crippen LogP contribution is 2.38. The number of hydrogen-bond donors (Lipinski definition) is 2. The third-order valence-electron chi connectivity index (χ3n) is 16.0. The third-order valence-corrected chi connectivity index (χ3v) is 17.4. The van der Waals surface area contributed by atoms with Gasteiger partial charge in [0.15, 0.2) is 10.3 Å². The van der Waals surface area contributed by atoms with Crippen LogP contribution in [0.5, 0.6) is 0 Å². The number of benzene rings is 5. The molecule has 2 N–H and O–H groups in total. The minimum absolute atomic E-state index is 0.140. The number of pyridine rings is 1. The summed E-state index contributed by atoms with van der Waals surface area (Å²) in [5.74, 6) is 0.120. The number of nitrogens with one attached hydrogen (secondary N) is 2. The zero-order chi connectivity index (χ0) is 61.1. The first kappa shape index (κ1) is 62.4. The van der Waals surface area contributed by atoms with E-state index in [9.17, 15) is 19.2 Å². The molecule has 2 fully saturated rings. The lowest BCUT2D eigenvalue weighted by Crippen LogP contribution is -2.53. The average Bonchev–Trinajstić information content (AvgIpc) is 1.91. The number of carbonyl (C=O) groups excluding carboxylic acids is 4. The van der Waals surface area contributed by atoms with Gasteiger partial charge in [-0.1, -0.05) is 125 Å². The summed E-state index contributed by atoms with van der Waals surface area (Å²) in [5, 5.41) is 10.4. The van der Waals surface area contributed by atoms with E-state index in [1.807, 2.05) is 130 Å². The first-order valence-electron chi connectivity index (χ1n) is 30.0. The fourth-order valence-electron chi connectivity index (χ4n) is 11.4. The quantitative estimate of drug-likeness (QED) is 0.120. The van der Waals surface area contributed by atoms with Crippen LogP contribution in [-0.2, 0) is 22.7 Å². The van der Waals surface area contributed by atoms with Gasteiger partial charge >= 0.3 is 0 Å². The molecule has 4 amide bonds. The molecule has 2 saturated heterocycles. The van der Waals surface area contributed by atoms with Crippen molar-refractivity contribution < 1.29 is 19.2 Å². The van der Waals surface area contributed by atoms with E-state index in [0.29, 0.717) is 34.5 Å². The van der Waals surface area contributed by atoms with Gasteiger partial charge in [-0.3, -0.25) is 39.6 Å². The van der Waals surface area contributed by atoms with E-state index in [0.717, 1.165) is 103 Å². The van der Waals surface area contributed by atoms with Gasteiger partial charge in [-0.05, 0) is 117 Å². The Morgan fingerprint density at radius 1 is 0.477 bits per heavy atom. The Bertz CT molecular complexity index is 3280. The smallest absolute Gasteiger partial charge is 0.255 e. The molecule has 4 aliphatic rings. The summed E-state index contributed by atoms with van der Waals surface area (Å²) in [6.07, 6.45) is 5.18. The molecule has 12 rings (SSSR count). The maximum absolute atomic E-state index is 13.8. The van der Waals surface area contributed by atoms with Crippen LogP contribution in [0.15, 0.2) is 163 Å². The Balaban J connectivity index is 0.000000194. The number of piperazine rings is 2. The standard InChI is InChI=1S/C33H35N5O2S.C32H34N6O2S.2C2H6/c1-33(2,3)37-18-16-36(17-19-37)27-13-11-23(12-14-27)25-9-10-26-22-38(31(40)28(26)21-25)29(24-7-5-4-6-8-24)30(39)35-32-34-15-20-41-32;1-32(2,3)37-16-14-36(15-17-37)27-12-11-24(20-34-27)23-9-10-25-21-38(30(40)26(25)19-23)28(22-7-5-4-6-8-22)29(39)35-31-33-13-18-41-31;2*1-2/h4-15,20-21,29H,16-19,22H2,1-3H3,(H,34,35,39);4-13,18-20,28H,14-17,21H2,1-3H3,(H,33,35,39);2*1-2H3. The van der Waals surface area contributed by atoms with Crippen molar-refractivity contribution in [2.24, 2.45) is 0 Å². The predicted molar refractivity (Wildman–Crippen MR) is 351 cm³/mol. The van der Waals surface area contributed by atoms with Crippen LogP contribution in [0, 0.1) is 0 Å². The molecule has 2 atom stereocenters. The maximum atomic E-state index is 13.8. The van der Waals surface area contributed by atoms with Gasteiger partial charge in [0.05, 0.1) is 0 Å². The Morgan fingerprint density at radius 3 is 1.28 bits per heavy atom. The number of aromatic nitrogens is 3. The summed E-state index contributed by atoms with van der Waals surface area (Å²) >= 11 is 2.70. The second kappa shape index (κ2) is 28.0. The van der Waals surface area contributed by atoms with Gasteiger partial charge in [-0.15, -0.1) is 22.7 Å². The van der Waals surface area contributed by atoms with Gasteiger partial charge in [0.2, 0.25) is 0 Å². The van der Waals surface area contributed by atoms with Gasteiger partial charge in [0.1, 0.15) is 17.9 Å². The van der Waals surface area contributed by atoms with E-state index in [1.54, 1.807) is 27.6 Å². The van der Waals surface area contributed by atoms with Gasteiger partial charge in [-0.2, -0.15) is 0 Å². The molecular weight excluding hydrogens is 1110 g/mol. The highest BCUT2D eigenvalue weighted by molar-refractivity contribution is 7.14. The lowest BCUT2D eigenvalue weighted by molar-refractivity contribution is -0.121. The first-order valence-corrected chi connectivity index (χ1v) is 31.8. The molecule has 8 aromatic rings. The van der Waals surface area contributed by atoms with E-state index in [1.165, 1.54) is 28.4 Å². The Labute approximate surface area is 515 Å². The molecule has 7 heterocycles. The summed E-state index contributed by atoms with van der Waals surface area (Å²) in [4.78, 5) is 80.7. The zero-order valence-corrected chi connectivity index (χ0v) is 52.9. The number of amides is 4. The van der Waals surface area contributed by atoms with Crippen LogP contribution in [0.1, 0.15) is 124 Å². The Hall–Kier alpha value is -8.09. The minimum atomic E-state index is -0.775. The molecule has 17 heteroatoms. The summed E-state index contributed by atoms with van der Waals surface area (Å²) in [6.45, 7) is 30.4. The van der Waals surface area contributed by atoms with Gasteiger partial charge in [0, 0.05) is 128 Å². The predicted octanol–water partition coefficient (Wildman–Crippen LogP) is 13.6. The number of anilines is 4. The van der Waals surface area contributed by atoms with Gasteiger partial charge < -0.3 is 19.6 Å². The van der Waals surface area contributed by atoms with Crippen LogP contribution in [0.3, 0.4) is 0 Å². The summed E-state index contributed by atoms with van der Waals surface area (Å²) in [6, 6.07) is 42.1. The monoisotopic (exact) mass is 1190 g/mol. The molecule has 0 saturated carbocycles. The third kappa shape index (κ3) is 14.4. The second-order valence-corrected chi connectivity index (χ2v) is 24.9. The normalized spacial score (nSPS) is 15.9. The van der Waals surface area contributed by atoms with Crippen molar-refractivity contribution in [3.8, 4) is 22.3 Å². The molecule has 15 nitrogen and oxygen atoms in total. The Morgan fingerprint density at radius 2 is 0.884 bits per heavy atom. The van der Waals surface area contributed by atoms with Crippen molar-refractivity contribution in [2.75, 3.05) is 72.8 Å². The molecule has 5 aromatic carbocycles. The van der Waals surface area contributed by atoms with Crippen molar-refractivity contribution in [1.82, 2.24) is 34.6 Å². The van der Waals surface area contributed by atoms with Crippen LogP contribution in [0.2, 0.25) is 0 Å². The summed E-state index contributed by atoms with van der Waals surface area (Å²) in [7, 11) is 0. The van der Waals surface area contributed by atoms with E-state index < -0.39 is 12.1 Å². The minimum Gasteiger partial charge on any atom is -0.369 e. The van der Waals surface area contributed by atoms with Crippen LogP contribution < -0.4 is 20.4 Å². The van der Waals surface area contributed by atoms with E-state index >= 15 is 0 Å². The van der Waals surface area contributed by atoms with Crippen LogP contribution in [0.25, 0.3) is 22.3 Å². The van der Waals surface area contributed by atoms with E-state index in [-0.39, 0.29) is 34.7 Å². The van der Waals surface area contributed by atoms with Crippen LogP contribution in [-0.4, -0.2) is 122 Å². The molecule has 4 aliphatic heterocycles. The number of thiazole rings is 2. The molecule has 3 aromatic heterocycles. The molecular formula is C69H81N11O4S2. The lowest BCUT2D eigenvalue weighted by Gasteiger charge is -2.43. The molecule has 86 heavy (non-hydrogen) atoms. The fraction of sp³-hybridized carbons (Fsp3) is 0.348. The van der Waals surface area contributed by atoms with Gasteiger partial charge in [-0.25, -0.2) is 15.0 Å². The topological polar surface area (TPSA) is 150 Å². The maximum Gasteiger partial charge on any atom is 0.255 e. The summed E-state index contributed by atoms with van der Waals surface area (Å²) in [5.41, 5.74) is 10.2.